The van der Waals surface area contributed by atoms with Gasteiger partial charge < -0.3 is 20.1 Å². The number of rotatable bonds is 10. The van der Waals surface area contributed by atoms with Crippen LogP contribution in [0.15, 0.2) is 4.99 Å². The van der Waals surface area contributed by atoms with Crippen molar-refractivity contribution in [2.75, 3.05) is 58.9 Å². The molecule has 2 rings (SSSR count). The lowest BCUT2D eigenvalue weighted by molar-refractivity contribution is 0.0888. The minimum Gasteiger partial charge on any atom is -0.381 e. The largest absolute Gasteiger partial charge is 0.381 e. The van der Waals surface area contributed by atoms with E-state index >= 15 is 0 Å². The first-order valence-corrected chi connectivity index (χ1v) is 11.8. The standard InChI is InChI=1S/C18H36N4O4S.HI/c1-3-13-27(23,24)22-9-5-17(6-10-22)21-18(19-2)20-8-4-11-25-14-16-7-12-26-15-16;/h16-17H,3-15H2,1-2H3,(H2,19,20,21);1H. The molecule has 166 valence electrons. The molecule has 8 nitrogen and oxygen atoms in total. The zero-order valence-corrected chi connectivity index (χ0v) is 20.3. The first-order chi connectivity index (χ1) is 13.0. The number of hydrogen-bond donors (Lipinski definition) is 2. The average Bonchev–Trinajstić information content (AvgIpc) is 3.17. The predicted octanol–water partition coefficient (Wildman–Crippen LogP) is 1.42. The van der Waals surface area contributed by atoms with Gasteiger partial charge in [-0.25, -0.2) is 12.7 Å². The fraction of sp³-hybridized carbons (Fsp3) is 0.944. The maximum Gasteiger partial charge on any atom is 0.214 e. The van der Waals surface area contributed by atoms with Crippen LogP contribution in [0, 0.1) is 5.92 Å². The molecule has 1 atom stereocenters. The lowest BCUT2D eigenvalue weighted by Crippen LogP contribution is -2.50. The molecule has 2 aliphatic heterocycles. The van der Waals surface area contributed by atoms with Crippen LogP contribution in [-0.4, -0.2) is 83.6 Å². The van der Waals surface area contributed by atoms with Gasteiger partial charge in [-0.2, -0.15) is 0 Å². The van der Waals surface area contributed by atoms with Crippen molar-refractivity contribution < 1.29 is 17.9 Å². The molecule has 0 aromatic carbocycles. The SMILES string of the molecule is CCCS(=O)(=O)N1CCC(NC(=NC)NCCCOCC2CCOC2)CC1.I. The third kappa shape index (κ3) is 9.10. The summed E-state index contributed by atoms with van der Waals surface area (Å²) in [7, 11) is -1.33. The molecular formula is C18H37IN4O4S. The fourth-order valence-electron chi connectivity index (χ4n) is 3.40. The van der Waals surface area contributed by atoms with E-state index in [9.17, 15) is 8.42 Å². The lowest BCUT2D eigenvalue weighted by Gasteiger charge is -2.32. The van der Waals surface area contributed by atoms with Crippen LogP contribution >= 0.6 is 24.0 Å². The molecule has 10 heteroatoms. The molecule has 0 spiro atoms. The van der Waals surface area contributed by atoms with Gasteiger partial charge in [0, 0.05) is 51.9 Å². The van der Waals surface area contributed by atoms with Gasteiger partial charge in [-0.15, -0.1) is 24.0 Å². The van der Waals surface area contributed by atoms with Crippen molar-refractivity contribution >= 4 is 40.0 Å². The van der Waals surface area contributed by atoms with Gasteiger partial charge in [-0.3, -0.25) is 4.99 Å². The molecule has 0 bridgehead atoms. The van der Waals surface area contributed by atoms with Crippen LogP contribution in [-0.2, 0) is 19.5 Å². The minimum absolute atomic E-state index is 0. The summed E-state index contributed by atoms with van der Waals surface area (Å²) in [6.07, 6.45) is 4.29. The van der Waals surface area contributed by atoms with Gasteiger partial charge in [0.2, 0.25) is 10.0 Å². The van der Waals surface area contributed by atoms with E-state index in [1.54, 1.807) is 11.4 Å². The third-order valence-electron chi connectivity index (χ3n) is 5.01. The molecule has 1 unspecified atom stereocenters. The van der Waals surface area contributed by atoms with Crippen LogP contribution in [0.4, 0.5) is 0 Å². The number of hydrogen-bond acceptors (Lipinski definition) is 5. The molecule has 0 aromatic rings. The highest BCUT2D eigenvalue weighted by atomic mass is 127. The van der Waals surface area contributed by atoms with Gasteiger partial charge in [-0.1, -0.05) is 6.92 Å². The summed E-state index contributed by atoms with van der Waals surface area (Å²) in [5.74, 6) is 1.57. The Kier molecular flexibility index (Phi) is 12.9. The second-order valence-corrected chi connectivity index (χ2v) is 9.38. The number of aliphatic imine (C=N–C) groups is 1. The highest BCUT2D eigenvalue weighted by molar-refractivity contribution is 14.0. The maximum atomic E-state index is 12.1. The zero-order chi connectivity index (χ0) is 19.5. The second kappa shape index (κ2) is 13.9. The Labute approximate surface area is 187 Å². The van der Waals surface area contributed by atoms with E-state index in [2.05, 4.69) is 15.6 Å². The molecule has 0 aliphatic carbocycles. The van der Waals surface area contributed by atoms with E-state index in [0.717, 1.165) is 64.6 Å². The average molecular weight is 532 g/mol. The number of nitrogens with zero attached hydrogens (tertiary/aromatic N) is 2. The summed E-state index contributed by atoms with van der Waals surface area (Å²) < 4.78 is 36.9. The summed E-state index contributed by atoms with van der Waals surface area (Å²) >= 11 is 0. The van der Waals surface area contributed by atoms with Crippen molar-refractivity contribution in [3.63, 3.8) is 0 Å². The molecule has 2 aliphatic rings. The highest BCUT2D eigenvalue weighted by Crippen LogP contribution is 2.15. The summed E-state index contributed by atoms with van der Waals surface area (Å²) in [6, 6.07) is 0.253. The molecule has 2 heterocycles. The Morgan fingerprint density at radius 1 is 1.29 bits per heavy atom. The van der Waals surface area contributed by atoms with Crippen LogP contribution in [0.1, 0.15) is 39.0 Å². The first-order valence-electron chi connectivity index (χ1n) is 10.2. The Morgan fingerprint density at radius 2 is 2.04 bits per heavy atom. The monoisotopic (exact) mass is 532 g/mol. The normalized spacial score (nSPS) is 22.1. The van der Waals surface area contributed by atoms with E-state index in [1.165, 1.54) is 0 Å². The van der Waals surface area contributed by atoms with Crippen LogP contribution < -0.4 is 10.6 Å². The number of sulfonamides is 1. The van der Waals surface area contributed by atoms with Crippen molar-refractivity contribution in [3.8, 4) is 0 Å². The van der Waals surface area contributed by atoms with Crippen LogP contribution in [0.25, 0.3) is 0 Å². The Morgan fingerprint density at radius 3 is 2.64 bits per heavy atom. The summed E-state index contributed by atoms with van der Waals surface area (Å²) in [4.78, 5) is 4.27. The van der Waals surface area contributed by atoms with Gasteiger partial charge in [-0.05, 0) is 32.1 Å². The second-order valence-electron chi connectivity index (χ2n) is 7.29. The van der Waals surface area contributed by atoms with Crippen molar-refractivity contribution in [2.45, 2.75) is 45.1 Å². The molecule has 2 fully saturated rings. The maximum absolute atomic E-state index is 12.1. The van der Waals surface area contributed by atoms with E-state index in [-0.39, 0.29) is 35.8 Å². The summed E-state index contributed by atoms with van der Waals surface area (Å²) in [5.41, 5.74) is 0. The van der Waals surface area contributed by atoms with E-state index in [1.807, 2.05) is 6.92 Å². The van der Waals surface area contributed by atoms with Crippen molar-refractivity contribution in [1.82, 2.24) is 14.9 Å². The van der Waals surface area contributed by atoms with E-state index in [0.29, 0.717) is 25.4 Å². The van der Waals surface area contributed by atoms with Gasteiger partial charge in [0.15, 0.2) is 5.96 Å². The summed E-state index contributed by atoms with van der Waals surface area (Å²) in [6.45, 7) is 7.06. The molecule has 0 aromatic heterocycles. The van der Waals surface area contributed by atoms with Crippen molar-refractivity contribution in [1.29, 1.82) is 0 Å². The number of ether oxygens (including phenoxy) is 2. The Balaban J connectivity index is 0.00000392. The number of guanidine groups is 1. The molecule has 0 amide bonds. The molecule has 2 saturated heterocycles. The lowest BCUT2D eigenvalue weighted by atomic mass is 10.1. The van der Waals surface area contributed by atoms with Crippen LogP contribution in [0.3, 0.4) is 0 Å². The quantitative estimate of drug-likeness (QED) is 0.192. The highest BCUT2D eigenvalue weighted by Gasteiger charge is 2.27. The number of nitrogens with one attached hydrogen (secondary N) is 2. The van der Waals surface area contributed by atoms with Crippen LogP contribution in [0.2, 0.25) is 0 Å². The molecule has 0 saturated carbocycles. The predicted molar refractivity (Wildman–Crippen MR) is 123 cm³/mol. The fourth-order valence-corrected chi connectivity index (χ4v) is 4.94. The zero-order valence-electron chi connectivity index (χ0n) is 17.2. The molecule has 2 N–H and O–H groups in total. The van der Waals surface area contributed by atoms with E-state index in [4.69, 9.17) is 9.47 Å². The number of halogens is 1. The van der Waals surface area contributed by atoms with Crippen LogP contribution in [0.5, 0.6) is 0 Å². The Bertz CT molecular complexity index is 548. The van der Waals surface area contributed by atoms with E-state index < -0.39 is 10.0 Å². The van der Waals surface area contributed by atoms with Gasteiger partial charge in [0.25, 0.3) is 0 Å². The molecular weight excluding hydrogens is 495 g/mol. The minimum atomic E-state index is -3.08. The smallest absolute Gasteiger partial charge is 0.214 e. The van der Waals surface area contributed by atoms with Gasteiger partial charge in [0.1, 0.15) is 0 Å². The molecule has 0 radical (unpaired) electrons. The van der Waals surface area contributed by atoms with Gasteiger partial charge in [0.05, 0.1) is 19.0 Å². The molecule has 28 heavy (non-hydrogen) atoms. The first kappa shape index (κ1) is 25.9. The third-order valence-corrected chi connectivity index (χ3v) is 7.09. The summed E-state index contributed by atoms with van der Waals surface area (Å²) in [5, 5.41) is 6.71. The van der Waals surface area contributed by atoms with Crippen molar-refractivity contribution in [2.24, 2.45) is 10.9 Å². The van der Waals surface area contributed by atoms with Gasteiger partial charge >= 0.3 is 0 Å². The Hall–Kier alpha value is -0.170. The number of piperidine rings is 1. The van der Waals surface area contributed by atoms with Crippen molar-refractivity contribution in [3.05, 3.63) is 0 Å². The topological polar surface area (TPSA) is 92.3 Å².